The molecule has 0 bridgehead atoms. The second-order valence-electron chi connectivity index (χ2n) is 2.29. The van der Waals surface area contributed by atoms with Crippen molar-refractivity contribution in [3.05, 3.63) is 29.8 Å². The number of ether oxygens (including phenoxy) is 1. The fraction of sp³-hybridized carbons (Fsp3) is 0.125. The quantitative estimate of drug-likeness (QED) is 0.274. The molecule has 0 unspecified atom stereocenters. The lowest BCUT2D eigenvalue weighted by Gasteiger charge is -2.03. The van der Waals surface area contributed by atoms with Crippen molar-refractivity contribution in [2.24, 2.45) is 5.16 Å². The van der Waals surface area contributed by atoms with Crippen LogP contribution in [0.3, 0.4) is 0 Å². The Balaban J connectivity index is 2.91. The van der Waals surface area contributed by atoms with Crippen LogP contribution in [0, 0.1) is 0 Å². The molecule has 13 heavy (non-hydrogen) atoms. The van der Waals surface area contributed by atoms with Gasteiger partial charge in [-0.05, 0) is 24.3 Å². The molecule has 0 heterocycles. The molecule has 5 heteroatoms. The van der Waals surface area contributed by atoms with E-state index in [1.165, 1.54) is 0 Å². The Morgan fingerprint density at radius 3 is 2.38 bits per heavy atom. The van der Waals surface area contributed by atoms with Crippen molar-refractivity contribution in [1.82, 2.24) is 5.48 Å². The molecular formula is C8H10N2O3. The van der Waals surface area contributed by atoms with Gasteiger partial charge in [0, 0.05) is 5.56 Å². The number of oxime groups is 1. The molecule has 0 saturated carbocycles. The Morgan fingerprint density at radius 2 is 2.00 bits per heavy atom. The van der Waals surface area contributed by atoms with E-state index in [0.717, 1.165) is 0 Å². The maximum Gasteiger partial charge on any atom is 0.196 e. The maximum absolute atomic E-state index is 8.53. The number of nitrogens with one attached hydrogen (secondary N) is 1. The number of benzene rings is 1. The molecular weight excluding hydrogens is 172 g/mol. The highest BCUT2D eigenvalue weighted by Gasteiger charge is 2.01. The van der Waals surface area contributed by atoms with Gasteiger partial charge in [0.25, 0.3) is 0 Å². The molecule has 0 fully saturated rings. The lowest BCUT2D eigenvalue weighted by Crippen LogP contribution is -2.19. The lowest BCUT2D eigenvalue weighted by atomic mass is 10.2. The molecule has 0 spiro atoms. The summed E-state index contributed by atoms with van der Waals surface area (Å²) >= 11 is 0. The Labute approximate surface area is 75.2 Å². The third-order valence-electron chi connectivity index (χ3n) is 1.57. The Morgan fingerprint density at radius 1 is 1.38 bits per heavy atom. The second-order valence-corrected chi connectivity index (χ2v) is 2.29. The first kappa shape index (κ1) is 9.34. The lowest BCUT2D eigenvalue weighted by molar-refractivity contribution is 0.223. The topological polar surface area (TPSA) is 74.1 Å². The van der Waals surface area contributed by atoms with E-state index in [2.05, 4.69) is 5.16 Å². The zero-order chi connectivity index (χ0) is 9.68. The van der Waals surface area contributed by atoms with E-state index in [1.54, 1.807) is 36.9 Å². The number of hydroxylamine groups is 1. The van der Waals surface area contributed by atoms with Gasteiger partial charge in [-0.25, -0.2) is 5.48 Å². The van der Waals surface area contributed by atoms with Crippen LogP contribution in [0.25, 0.3) is 0 Å². The van der Waals surface area contributed by atoms with E-state index < -0.39 is 0 Å². The number of hydrogen-bond donors (Lipinski definition) is 3. The Bertz CT molecular complexity index is 295. The number of rotatable bonds is 2. The predicted molar refractivity (Wildman–Crippen MR) is 46.2 cm³/mol. The zero-order valence-electron chi connectivity index (χ0n) is 7.06. The third kappa shape index (κ3) is 2.09. The van der Waals surface area contributed by atoms with Crippen molar-refractivity contribution >= 4 is 5.84 Å². The Hall–Kier alpha value is -1.75. The molecule has 0 aliphatic heterocycles. The molecule has 0 radical (unpaired) electrons. The largest absolute Gasteiger partial charge is 0.497 e. The van der Waals surface area contributed by atoms with Gasteiger partial charge >= 0.3 is 0 Å². The number of amidine groups is 1. The predicted octanol–water partition coefficient (Wildman–Crippen LogP) is 0.810. The van der Waals surface area contributed by atoms with Crippen LogP contribution in [0.2, 0.25) is 0 Å². The van der Waals surface area contributed by atoms with E-state index in [9.17, 15) is 0 Å². The highest BCUT2D eigenvalue weighted by atomic mass is 16.5. The highest BCUT2D eigenvalue weighted by Crippen LogP contribution is 2.11. The minimum absolute atomic E-state index is 0.0114. The SMILES string of the molecule is COc1ccc(C(=NO)NO)cc1. The molecule has 1 rings (SSSR count). The van der Waals surface area contributed by atoms with E-state index in [-0.39, 0.29) is 5.84 Å². The molecule has 0 aliphatic carbocycles. The monoisotopic (exact) mass is 182 g/mol. The Kier molecular flexibility index (Phi) is 3.10. The van der Waals surface area contributed by atoms with Gasteiger partial charge in [0.2, 0.25) is 0 Å². The molecule has 5 nitrogen and oxygen atoms in total. The molecule has 1 aromatic rings. The van der Waals surface area contributed by atoms with Crippen molar-refractivity contribution in [3.8, 4) is 5.75 Å². The van der Waals surface area contributed by atoms with Crippen molar-refractivity contribution < 1.29 is 15.2 Å². The van der Waals surface area contributed by atoms with Crippen LogP contribution in [-0.2, 0) is 0 Å². The molecule has 70 valence electrons. The first-order chi connectivity index (χ1) is 6.31. The molecule has 0 aliphatic rings. The second kappa shape index (κ2) is 4.32. The molecule has 3 N–H and O–H groups in total. The summed E-state index contributed by atoms with van der Waals surface area (Å²) < 4.78 is 4.93. The van der Waals surface area contributed by atoms with Crippen molar-refractivity contribution in [1.29, 1.82) is 0 Å². The summed E-state index contributed by atoms with van der Waals surface area (Å²) in [6.07, 6.45) is 0. The summed E-state index contributed by atoms with van der Waals surface area (Å²) in [5, 5.41) is 19.8. The van der Waals surface area contributed by atoms with Gasteiger partial charge in [0.05, 0.1) is 7.11 Å². The fourth-order valence-electron chi connectivity index (χ4n) is 0.894. The minimum atomic E-state index is -0.0114. The van der Waals surface area contributed by atoms with E-state index >= 15 is 0 Å². The van der Waals surface area contributed by atoms with Crippen LogP contribution < -0.4 is 10.2 Å². The van der Waals surface area contributed by atoms with E-state index in [1.807, 2.05) is 0 Å². The fourth-order valence-corrected chi connectivity index (χ4v) is 0.894. The van der Waals surface area contributed by atoms with Crippen LogP contribution >= 0.6 is 0 Å². The van der Waals surface area contributed by atoms with Crippen LogP contribution in [0.5, 0.6) is 5.75 Å². The van der Waals surface area contributed by atoms with Gasteiger partial charge in [-0.3, -0.25) is 5.21 Å². The summed E-state index contributed by atoms with van der Waals surface area (Å²) in [7, 11) is 1.56. The number of nitrogens with zero attached hydrogens (tertiary/aromatic N) is 1. The van der Waals surface area contributed by atoms with E-state index in [4.69, 9.17) is 15.2 Å². The standard InChI is InChI=1S/C8H10N2O3/c1-13-7-4-2-6(3-5-7)8(9-11)10-12/h2-5,11-12H,1H3,(H,9,10). The van der Waals surface area contributed by atoms with Gasteiger partial charge in [-0.2, -0.15) is 0 Å². The molecule has 1 aromatic carbocycles. The van der Waals surface area contributed by atoms with Gasteiger partial charge in [-0.1, -0.05) is 5.16 Å². The maximum atomic E-state index is 8.53. The van der Waals surface area contributed by atoms with Gasteiger partial charge in [-0.15, -0.1) is 0 Å². The number of methoxy groups -OCH3 is 1. The van der Waals surface area contributed by atoms with Crippen LogP contribution in [0.1, 0.15) is 5.56 Å². The highest BCUT2D eigenvalue weighted by molar-refractivity contribution is 5.97. The van der Waals surface area contributed by atoms with E-state index in [0.29, 0.717) is 11.3 Å². The smallest absolute Gasteiger partial charge is 0.196 e. The van der Waals surface area contributed by atoms with Gasteiger partial charge < -0.3 is 9.94 Å². The first-order valence-electron chi connectivity index (χ1n) is 3.58. The van der Waals surface area contributed by atoms with Crippen LogP contribution in [-0.4, -0.2) is 23.4 Å². The minimum Gasteiger partial charge on any atom is -0.497 e. The van der Waals surface area contributed by atoms with Gasteiger partial charge in [0.1, 0.15) is 5.75 Å². The summed E-state index contributed by atoms with van der Waals surface area (Å²) in [6, 6.07) is 6.68. The normalized spacial score (nSPS) is 11.1. The summed E-state index contributed by atoms with van der Waals surface area (Å²) in [5.41, 5.74) is 2.33. The molecule has 0 atom stereocenters. The number of hydrogen-bond acceptors (Lipinski definition) is 4. The molecule has 0 saturated heterocycles. The molecule has 0 amide bonds. The summed E-state index contributed by atoms with van der Waals surface area (Å²) in [5.74, 6) is 0.682. The summed E-state index contributed by atoms with van der Waals surface area (Å²) in [4.78, 5) is 0. The first-order valence-corrected chi connectivity index (χ1v) is 3.58. The van der Waals surface area contributed by atoms with Crippen molar-refractivity contribution in [2.75, 3.05) is 7.11 Å². The van der Waals surface area contributed by atoms with Crippen molar-refractivity contribution in [2.45, 2.75) is 0 Å². The zero-order valence-corrected chi connectivity index (χ0v) is 7.06. The average Bonchev–Trinajstić information content (AvgIpc) is 2.21. The van der Waals surface area contributed by atoms with Crippen LogP contribution in [0.4, 0.5) is 0 Å². The summed E-state index contributed by atoms with van der Waals surface area (Å²) in [6.45, 7) is 0. The van der Waals surface area contributed by atoms with Gasteiger partial charge in [0.15, 0.2) is 5.84 Å². The molecule has 0 aromatic heterocycles. The average molecular weight is 182 g/mol. The van der Waals surface area contributed by atoms with Crippen LogP contribution in [0.15, 0.2) is 29.4 Å². The van der Waals surface area contributed by atoms with Crippen molar-refractivity contribution in [3.63, 3.8) is 0 Å². The third-order valence-corrected chi connectivity index (χ3v) is 1.57.